The summed E-state index contributed by atoms with van der Waals surface area (Å²) in [4.78, 5) is 11.6. The van der Waals surface area contributed by atoms with Crippen LogP contribution in [0.2, 0.25) is 0 Å². The molecule has 1 aromatic rings. The Balaban J connectivity index is 1.48. The standard InChI is InChI=1S/C22H36N4O3/c1-3-23-22(26-11-10-19(16-26)17-28-13-12-27-2)25-15-18-8-9-21(24-14-18)29-20-6-4-5-7-20/h8-9,14,19-20H,3-7,10-13,15-17H2,1-2H3,(H,23,25). The van der Waals surface area contributed by atoms with Gasteiger partial charge in [-0.2, -0.15) is 0 Å². The highest BCUT2D eigenvalue weighted by molar-refractivity contribution is 5.80. The predicted molar refractivity (Wildman–Crippen MR) is 114 cm³/mol. The molecule has 29 heavy (non-hydrogen) atoms. The van der Waals surface area contributed by atoms with Crippen LogP contribution in [0.5, 0.6) is 5.88 Å². The van der Waals surface area contributed by atoms with E-state index in [4.69, 9.17) is 19.2 Å². The number of hydrogen-bond acceptors (Lipinski definition) is 5. The van der Waals surface area contributed by atoms with Crippen molar-refractivity contribution in [3.05, 3.63) is 23.9 Å². The summed E-state index contributed by atoms with van der Waals surface area (Å²) in [5, 5.41) is 3.42. The molecule has 1 aliphatic heterocycles. The fourth-order valence-corrected chi connectivity index (χ4v) is 3.90. The lowest BCUT2D eigenvalue weighted by Crippen LogP contribution is -2.40. The van der Waals surface area contributed by atoms with Gasteiger partial charge in [-0.25, -0.2) is 9.98 Å². The Kier molecular flexibility index (Phi) is 9.02. The van der Waals surface area contributed by atoms with Crippen LogP contribution < -0.4 is 10.1 Å². The highest BCUT2D eigenvalue weighted by atomic mass is 16.5. The van der Waals surface area contributed by atoms with Crippen molar-refractivity contribution in [3.8, 4) is 5.88 Å². The monoisotopic (exact) mass is 404 g/mol. The zero-order valence-electron chi connectivity index (χ0n) is 17.9. The Morgan fingerprint density at radius 3 is 2.83 bits per heavy atom. The Labute approximate surface area is 174 Å². The maximum Gasteiger partial charge on any atom is 0.213 e. The van der Waals surface area contributed by atoms with E-state index in [2.05, 4.69) is 28.2 Å². The van der Waals surface area contributed by atoms with Gasteiger partial charge in [0, 0.05) is 44.9 Å². The van der Waals surface area contributed by atoms with Gasteiger partial charge in [0.2, 0.25) is 5.88 Å². The second-order valence-corrected chi connectivity index (χ2v) is 7.87. The zero-order valence-corrected chi connectivity index (χ0v) is 17.9. The Morgan fingerprint density at radius 1 is 1.24 bits per heavy atom. The number of aliphatic imine (C=N–C) groups is 1. The van der Waals surface area contributed by atoms with Gasteiger partial charge in [-0.05, 0) is 44.6 Å². The summed E-state index contributed by atoms with van der Waals surface area (Å²) in [5.74, 6) is 2.25. The molecular formula is C22H36N4O3. The molecular weight excluding hydrogens is 368 g/mol. The van der Waals surface area contributed by atoms with Gasteiger partial charge < -0.3 is 24.4 Å². The van der Waals surface area contributed by atoms with E-state index in [9.17, 15) is 0 Å². The third-order valence-corrected chi connectivity index (χ3v) is 5.50. The number of nitrogens with zero attached hydrogens (tertiary/aromatic N) is 3. The fourth-order valence-electron chi connectivity index (χ4n) is 3.90. The molecule has 0 bridgehead atoms. The van der Waals surface area contributed by atoms with Crippen molar-refractivity contribution in [3.63, 3.8) is 0 Å². The first-order valence-electron chi connectivity index (χ1n) is 11.0. The molecule has 2 fully saturated rings. The molecule has 1 saturated heterocycles. The highest BCUT2D eigenvalue weighted by Gasteiger charge is 2.25. The molecule has 1 atom stereocenters. The van der Waals surface area contributed by atoms with Crippen molar-refractivity contribution >= 4 is 5.96 Å². The number of guanidine groups is 1. The smallest absolute Gasteiger partial charge is 0.213 e. The molecule has 0 aromatic carbocycles. The number of methoxy groups -OCH3 is 1. The lowest BCUT2D eigenvalue weighted by Gasteiger charge is -2.21. The van der Waals surface area contributed by atoms with Gasteiger partial charge in [0.1, 0.15) is 6.10 Å². The maximum absolute atomic E-state index is 5.95. The summed E-state index contributed by atoms with van der Waals surface area (Å²) in [6.45, 7) is 7.66. The number of rotatable bonds is 10. The van der Waals surface area contributed by atoms with Crippen molar-refractivity contribution < 1.29 is 14.2 Å². The molecule has 7 nitrogen and oxygen atoms in total. The Hall–Kier alpha value is -1.86. The Bertz CT molecular complexity index is 617. The summed E-state index contributed by atoms with van der Waals surface area (Å²) in [5.41, 5.74) is 1.10. The third kappa shape index (κ3) is 7.16. The molecule has 162 valence electrons. The maximum atomic E-state index is 5.95. The van der Waals surface area contributed by atoms with E-state index in [0.29, 0.717) is 31.8 Å². The molecule has 0 spiro atoms. The molecule has 2 heterocycles. The van der Waals surface area contributed by atoms with Crippen molar-refractivity contribution in [2.45, 2.75) is 51.7 Å². The summed E-state index contributed by atoms with van der Waals surface area (Å²) in [7, 11) is 1.70. The van der Waals surface area contributed by atoms with Gasteiger partial charge >= 0.3 is 0 Å². The van der Waals surface area contributed by atoms with Gasteiger partial charge in [-0.15, -0.1) is 0 Å². The normalized spacial score (nSPS) is 20.4. The molecule has 1 saturated carbocycles. The molecule has 1 unspecified atom stereocenters. The number of aromatic nitrogens is 1. The van der Waals surface area contributed by atoms with E-state index in [1.807, 2.05) is 12.3 Å². The minimum absolute atomic E-state index is 0.341. The summed E-state index contributed by atoms with van der Waals surface area (Å²) < 4.78 is 16.7. The van der Waals surface area contributed by atoms with Crippen molar-refractivity contribution in [2.75, 3.05) is 46.6 Å². The molecule has 0 radical (unpaired) electrons. The lowest BCUT2D eigenvalue weighted by molar-refractivity contribution is 0.0536. The van der Waals surface area contributed by atoms with Crippen molar-refractivity contribution in [2.24, 2.45) is 10.9 Å². The number of ether oxygens (including phenoxy) is 3. The molecule has 0 amide bonds. The first-order valence-corrected chi connectivity index (χ1v) is 11.0. The van der Waals surface area contributed by atoms with Crippen LogP contribution in [0.15, 0.2) is 23.3 Å². The van der Waals surface area contributed by atoms with Crippen LogP contribution in [0.1, 0.15) is 44.6 Å². The van der Waals surface area contributed by atoms with E-state index in [0.717, 1.165) is 62.9 Å². The quantitative estimate of drug-likeness (QED) is 0.367. The second kappa shape index (κ2) is 12.0. The topological polar surface area (TPSA) is 68.2 Å². The van der Waals surface area contributed by atoms with Crippen LogP contribution in [-0.2, 0) is 16.0 Å². The SMILES string of the molecule is CCNC(=NCc1ccc(OC2CCCC2)nc1)N1CCC(COCCOC)C1. The summed E-state index contributed by atoms with van der Waals surface area (Å²) in [6.07, 6.45) is 8.18. The molecule has 1 N–H and O–H groups in total. The summed E-state index contributed by atoms with van der Waals surface area (Å²) in [6, 6.07) is 4.04. The van der Waals surface area contributed by atoms with Crippen LogP contribution in [0.3, 0.4) is 0 Å². The average molecular weight is 405 g/mol. The first-order chi connectivity index (χ1) is 14.3. The van der Waals surface area contributed by atoms with E-state index in [-0.39, 0.29) is 0 Å². The largest absolute Gasteiger partial charge is 0.474 e. The van der Waals surface area contributed by atoms with Crippen LogP contribution >= 0.6 is 0 Å². The minimum atomic E-state index is 0.341. The van der Waals surface area contributed by atoms with Gasteiger partial charge in [0.05, 0.1) is 26.4 Å². The van der Waals surface area contributed by atoms with Crippen LogP contribution in [0.25, 0.3) is 0 Å². The number of likely N-dealkylation sites (tertiary alicyclic amines) is 1. The van der Waals surface area contributed by atoms with E-state index >= 15 is 0 Å². The fraction of sp³-hybridized carbons (Fsp3) is 0.727. The van der Waals surface area contributed by atoms with Gasteiger partial charge in [-0.3, -0.25) is 0 Å². The van der Waals surface area contributed by atoms with Gasteiger partial charge in [0.15, 0.2) is 5.96 Å². The van der Waals surface area contributed by atoms with Crippen LogP contribution in [0.4, 0.5) is 0 Å². The number of nitrogens with one attached hydrogen (secondary N) is 1. The molecule has 7 heteroatoms. The van der Waals surface area contributed by atoms with Gasteiger partial charge in [0.25, 0.3) is 0 Å². The molecule has 3 rings (SSSR count). The lowest BCUT2D eigenvalue weighted by atomic mass is 10.1. The average Bonchev–Trinajstić information content (AvgIpc) is 3.42. The molecule has 1 aliphatic carbocycles. The van der Waals surface area contributed by atoms with Crippen LogP contribution in [0, 0.1) is 5.92 Å². The van der Waals surface area contributed by atoms with Crippen molar-refractivity contribution in [1.29, 1.82) is 0 Å². The third-order valence-electron chi connectivity index (χ3n) is 5.50. The van der Waals surface area contributed by atoms with Crippen molar-refractivity contribution in [1.82, 2.24) is 15.2 Å². The minimum Gasteiger partial charge on any atom is -0.474 e. The highest BCUT2D eigenvalue weighted by Crippen LogP contribution is 2.23. The second-order valence-electron chi connectivity index (χ2n) is 7.87. The number of hydrogen-bond donors (Lipinski definition) is 1. The zero-order chi connectivity index (χ0) is 20.3. The molecule has 2 aliphatic rings. The van der Waals surface area contributed by atoms with Crippen LogP contribution in [-0.4, -0.2) is 68.5 Å². The van der Waals surface area contributed by atoms with Gasteiger partial charge in [-0.1, -0.05) is 6.07 Å². The number of pyridine rings is 1. The van der Waals surface area contributed by atoms with E-state index in [1.165, 1.54) is 12.8 Å². The predicted octanol–water partition coefficient (Wildman–Crippen LogP) is 2.85. The first kappa shape index (κ1) is 21.8. The Morgan fingerprint density at radius 2 is 2.10 bits per heavy atom. The van der Waals surface area contributed by atoms with E-state index < -0.39 is 0 Å². The molecule has 1 aromatic heterocycles. The summed E-state index contributed by atoms with van der Waals surface area (Å²) >= 11 is 0. The van der Waals surface area contributed by atoms with E-state index in [1.54, 1.807) is 7.11 Å².